The van der Waals surface area contributed by atoms with Gasteiger partial charge >= 0.3 is 0 Å². The summed E-state index contributed by atoms with van der Waals surface area (Å²) in [5.41, 5.74) is 5.44. The van der Waals surface area contributed by atoms with Crippen molar-refractivity contribution in [2.24, 2.45) is 5.73 Å². The first-order valence-electron chi connectivity index (χ1n) is 4.99. The molecule has 2 nitrogen and oxygen atoms in total. The molecule has 1 aromatic carbocycles. The van der Waals surface area contributed by atoms with E-state index in [-0.39, 0.29) is 11.9 Å². The third-order valence-electron chi connectivity index (χ3n) is 2.13. The second-order valence-electron chi connectivity index (χ2n) is 3.30. The average molecular weight is 276 g/mol. The highest BCUT2D eigenvalue weighted by atomic mass is 79.9. The fourth-order valence-electron chi connectivity index (χ4n) is 1.28. The molecule has 0 saturated carbocycles. The smallest absolute Gasteiger partial charge is 0.166 e. The van der Waals surface area contributed by atoms with Crippen molar-refractivity contribution in [2.45, 2.75) is 25.9 Å². The summed E-state index contributed by atoms with van der Waals surface area (Å²) in [7, 11) is 0. The van der Waals surface area contributed by atoms with Crippen LogP contribution in [0, 0.1) is 5.82 Å². The molecule has 2 N–H and O–H groups in total. The monoisotopic (exact) mass is 275 g/mol. The lowest BCUT2D eigenvalue weighted by molar-refractivity contribution is 0.181. The molecular formula is C11H15BrFNO. The maximum absolute atomic E-state index is 13.4. The minimum atomic E-state index is -0.347. The SMILES string of the molecule is CCC(CCN)Oc1ccc(Br)cc1F. The summed E-state index contributed by atoms with van der Waals surface area (Å²) in [6.45, 7) is 2.55. The Hall–Kier alpha value is -0.610. The topological polar surface area (TPSA) is 35.2 Å². The Kier molecular flexibility index (Phi) is 5.05. The van der Waals surface area contributed by atoms with Gasteiger partial charge < -0.3 is 10.5 Å². The van der Waals surface area contributed by atoms with Crippen LogP contribution in [-0.4, -0.2) is 12.6 Å². The molecule has 0 aliphatic carbocycles. The van der Waals surface area contributed by atoms with E-state index in [4.69, 9.17) is 10.5 Å². The lowest BCUT2D eigenvalue weighted by Gasteiger charge is -2.17. The normalized spacial score (nSPS) is 12.5. The Morgan fingerprint density at radius 2 is 2.27 bits per heavy atom. The molecule has 1 rings (SSSR count). The summed E-state index contributed by atoms with van der Waals surface area (Å²) in [6, 6.07) is 4.77. The summed E-state index contributed by atoms with van der Waals surface area (Å²) in [6.07, 6.45) is 1.56. The Labute approximate surface area is 97.7 Å². The Balaban J connectivity index is 2.70. The van der Waals surface area contributed by atoms with Gasteiger partial charge in [-0.2, -0.15) is 0 Å². The van der Waals surface area contributed by atoms with Crippen LogP contribution in [-0.2, 0) is 0 Å². The van der Waals surface area contributed by atoms with Crippen LogP contribution >= 0.6 is 15.9 Å². The standard InChI is InChI=1S/C11H15BrFNO/c1-2-9(5-6-14)15-11-4-3-8(12)7-10(11)13/h3-4,7,9H,2,5-6,14H2,1H3. The van der Waals surface area contributed by atoms with E-state index in [1.165, 1.54) is 6.07 Å². The molecule has 84 valence electrons. The molecule has 0 radical (unpaired) electrons. The number of hydrogen-bond acceptors (Lipinski definition) is 2. The number of nitrogens with two attached hydrogens (primary N) is 1. The molecule has 0 heterocycles. The summed E-state index contributed by atoms with van der Waals surface area (Å²) in [4.78, 5) is 0. The summed E-state index contributed by atoms with van der Waals surface area (Å²) in [5, 5.41) is 0. The van der Waals surface area contributed by atoms with E-state index < -0.39 is 0 Å². The maximum Gasteiger partial charge on any atom is 0.166 e. The molecule has 0 spiro atoms. The molecule has 0 aliphatic heterocycles. The van der Waals surface area contributed by atoms with Crippen LogP contribution in [0.15, 0.2) is 22.7 Å². The predicted molar refractivity (Wildman–Crippen MR) is 62.5 cm³/mol. The first-order valence-corrected chi connectivity index (χ1v) is 5.78. The second kappa shape index (κ2) is 6.08. The quantitative estimate of drug-likeness (QED) is 0.896. The fraction of sp³-hybridized carbons (Fsp3) is 0.455. The summed E-state index contributed by atoms with van der Waals surface area (Å²) in [5.74, 6) is -0.0571. The molecule has 0 amide bonds. The van der Waals surface area contributed by atoms with Crippen molar-refractivity contribution in [1.29, 1.82) is 0 Å². The number of hydrogen-bond donors (Lipinski definition) is 1. The molecular weight excluding hydrogens is 261 g/mol. The molecule has 0 bridgehead atoms. The Morgan fingerprint density at radius 3 is 2.80 bits per heavy atom. The van der Waals surface area contributed by atoms with Gasteiger partial charge in [-0.15, -0.1) is 0 Å². The maximum atomic E-state index is 13.4. The number of rotatable bonds is 5. The van der Waals surface area contributed by atoms with E-state index in [1.54, 1.807) is 12.1 Å². The Morgan fingerprint density at radius 1 is 1.53 bits per heavy atom. The highest BCUT2D eigenvalue weighted by molar-refractivity contribution is 9.10. The van der Waals surface area contributed by atoms with Gasteiger partial charge in [0.2, 0.25) is 0 Å². The zero-order chi connectivity index (χ0) is 11.3. The summed E-state index contributed by atoms with van der Waals surface area (Å²) < 4.78 is 19.6. The van der Waals surface area contributed by atoms with Crippen molar-refractivity contribution in [3.8, 4) is 5.75 Å². The third-order valence-corrected chi connectivity index (χ3v) is 2.62. The van der Waals surface area contributed by atoms with Crippen molar-refractivity contribution in [3.63, 3.8) is 0 Å². The van der Waals surface area contributed by atoms with E-state index >= 15 is 0 Å². The zero-order valence-electron chi connectivity index (χ0n) is 8.67. The van der Waals surface area contributed by atoms with Gasteiger partial charge in [-0.05, 0) is 37.6 Å². The van der Waals surface area contributed by atoms with Crippen LogP contribution in [0.1, 0.15) is 19.8 Å². The first kappa shape index (κ1) is 12.5. The lowest BCUT2D eigenvalue weighted by atomic mass is 10.2. The lowest BCUT2D eigenvalue weighted by Crippen LogP contribution is -2.20. The van der Waals surface area contributed by atoms with Gasteiger partial charge in [0.25, 0.3) is 0 Å². The first-order chi connectivity index (χ1) is 7.17. The molecule has 0 saturated heterocycles. The van der Waals surface area contributed by atoms with Gasteiger partial charge in [0.05, 0.1) is 6.10 Å². The molecule has 0 aromatic heterocycles. The number of benzene rings is 1. The van der Waals surface area contributed by atoms with Gasteiger partial charge in [0.15, 0.2) is 11.6 Å². The minimum absolute atomic E-state index is 0.00863. The molecule has 15 heavy (non-hydrogen) atoms. The van der Waals surface area contributed by atoms with Crippen molar-refractivity contribution >= 4 is 15.9 Å². The van der Waals surface area contributed by atoms with Gasteiger partial charge in [0, 0.05) is 4.47 Å². The van der Waals surface area contributed by atoms with Gasteiger partial charge in [-0.25, -0.2) is 4.39 Å². The van der Waals surface area contributed by atoms with Crippen LogP contribution in [0.4, 0.5) is 4.39 Å². The van der Waals surface area contributed by atoms with Gasteiger partial charge in [0.1, 0.15) is 0 Å². The van der Waals surface area contributed by atoms with Crippen LogP contribution in [0.2, 0.25) is 0 Å². The van der Waals surface area contributed by atoms with Crippen molar-refractivity contribution in [2.75, 3.05) is 6.54 Å². The highest BCUT2D eigenvalue weighted by Crippen LogP contribution is 2.23. The number of ether oxygens (including phenoxy) is 1. The molecule has 1 unspecified atom stereocenters. The zero-order valence-corrected chi connectivity index (χ0v) is 10.3. The number of halogens is 2. The average Bonchev–Trinajstić information content (AvgIpc) is 2.21. The van der Waals surface area contributed by atoms with Crippen LogP contribution in [0.25, 0.3) is 0 Å². The van der Waals surface area contributed by atoms with Crippen molar-refractivity contribution in [3.05, 3.63) is 28.5 Å². The fourth-order valence-corrected chi connectivity index (χ4v) is 1.62. The Bertz CT molecular complexity index is 319. The minimum Gasteiger partial charge on any atom is -0.487 e. The van der Waals surface area contributed by atoms with Crippen LogP contribution in [0.5, 0.6) is 5.75 Å². The summed E-state index contributed by atoms with van der Waals surface area (Å²) >= 11 is 3.19. The highest BCUT2D eigenvalue weighted by Gasteiger charge is 2.10. The van der Waals surface area contributed by atoms with Gasteiger partial charge in [-0.1, -0.05) is 22.9 Å². The molecule has 0 fully saturated rings. The van der Waals surface area contributed by atoms with E-state index in [9.17, 15) is 4.39 Å². The van der Waals surface area contributed by atoms with E-state index in [0.29, 0.717) is 16.8 Å². The second-order valence-corrected chi connectivity index (χ2v) is 4.22. The predicted octanol–water partition coefficient (Wildman–Crippen LogP) is 3.09. The van der Waals surface area contributed by atoms with E-state index in [0.717, 1.165) is 12.8 Å². The van der Waals surface area contributed by atoms with Crippen LogP contribution in [0.3, 0.4) is 0 Å². The van der Waals surface area contributed by atoms with E-state index in [2.05, 4.69) is 15.9 Å². The van der Waals surface area contributed by atoms with Gasteiger partial charge in [-0.3, -0.25) is 0 Å². The third kappa shape index (κ3) is 3.80. The van der Waals surface area contributed by atoms with Crippen molar-refractivity contribution in [1.82, 2.24) is 0 Å². The molecule has 0 aliphatic rings. The largest absolute Gasteiger partial charge is 0.487 e. The van der Waals surface area contributed by atoms with Crippen LogP contribution < -0.4 is 10.5 Å². The molecule has 1 aromatic rings. The molecule has 4 heteroatoms. The molecule has 1 atom stereocenters. The van der Waals surface area contributed by atoms with E-state index in [1.807, 2.05) is 6.92 Å². The van der Waals surface area contributed by atoms with Crippen molar-refractivity contribution < 1.29 is 9.13 Å².